The topological polar surface area (TPSA) is 382 Å². The van der Waals surface area contributed by atoms with Crippen LogP contribution < -0.4 is 49.1 Å². The molecule has 8 amide bonds. The van der Waals surface area contributed by atoms with Gasteiger partial charge in [-0.1, -0.05) is 12.1 Å². The first-order chi connectivity index (χ1) is 28.5. The van der Waals surface area contributed by atoms with Gasteiger partial charge in [0.05, 0.1) is 25.0 Å². The van der Waals surface area contributed by atoms with E-state index in [0.29, 0.717) is 24.1 Å². The Morgan fingerprint density at radius 1 is 0.717 bits per heavy atom. The van der Waals surface area contributed by atoms with Crippen LogP contribution in [-0.2, 0) is 46.4 Å². The summed E-state index contributed by atoms with van der Waals surface area (Å²) in [6.07, 6.45) is 5.16. The Balaban J connectivity index is 1.84. The number of imidazole rings is 1. The maximum Gasteiger partial charge on any atom is 0.272 e. The Morgan fingerprint density at radius 3 is 1.90 bits per heavy atom. The van der Waals surface area contributed by atoms with Crippen LogP contribution in [0.25, 0.3) is 0 Å². The molecule has 1 aromatic carbocycles. The number of hydrogen-bond donors (Lipinski definition) is 12. The molecule has 2 heterocycles. The van der Waals surface area contributed by atoms with Gasteiger partial charge in [0, 0.05) is 37.1 Å². The second kappa shape index (κ2) is 23.4. The van der Waals surface area contributed by atoms with Crippen LogP contribution in [0.2, 0.25) is 0 Å². The Kier molecular flexibility index (Phi) is 18.5. The molecule has 0 radical (unpaired) electrons. The zero-order valence-electron chi connectivity index (χ0n) is 32.9. The predicted molar refractivity (Wildman–Crippen MR) is 210 cm³/mol. The fourth-order valence-electron chi connectivity index (χ4n) is 5.63. The zero-order valence-corrected chi connectivity index (χ0v) is 32.9. The summed E-state index contributed by atoms with van der Waals surface area (Å²) in [5.74, 6) is -7.37. The number of aliphatic hydroxyl groups is 1. The number of phenolic OH excluding ortho intramolecular Hbond substituents is 1. The number of aromatic amines is 1. The van der Waals surface area contributed by atoms with Crippen molar-refractivity contribution in [2.45, 2.75) is 94.7 Å². The number of amides is 8. The number of rotatable bonds is 24. The molecule has 7 atom stereocenters. The number of hydrogen-bond acceptors (Lipinski definition) is 14. The summed E-state index contributed by atoms with van der Waals surface area (Å²) in [5.41, 5.74) is 17.1. The molecule has 0 aliphatic rings. The minimum absolute atomic E-state index is 0.0279. The van der Waals surface area contributed by atoms with Gasteiger partial charge in [-0.15, -0.1) is 0 Å². The molecule has 23 heteroatoms. The van der Waals surface area contributed by atoms with Crippen LogP contribution in [0.1, 0.15) is 61.3 Å². The van der Waals surface area contributed by atoms with Crippen LogP contribution in [0, 0.1) is 0 Å². The molecule has 3 rings (SSSR count). The molecule has 15 N–H and O–H groups in total. The van der Waals surface area contributed by atoms with Crippen molar-refractivity contribution in [3.8, 4) is 5.75 Å². The number of unbranched alkanes of at least 4 members (excludes halogenated alkanes) is 1. The number of phenols is 1. The standard InChI is InChI=1S/C37H51N13O10/c1-19(32(55)47-27(15-29(39)53)36(59)50-30(20(2)51)31(40)54)45-33(56)24(5-3-4-10-38)46-34(57)25(13-21-6-8-23(52)9-7-21)48-35(58)26(14-22-16-42-18-44-22)49-37(60)28-17-41-11-12-43-28/h6-9,11-12,16-20,24-27,30,51-52H,3-5,10,13-15,38H2,1-2H3,(H2,39,53)(H2,40,54)(H,42,44)(H,45,56)(H,46,57)(H,47,55)(H,48,58)(H,49,60)(H,50,59)/t19-,20+,24-,25-,26-,27+,30-/m0/s1. The number of carbonyl (C=O) groups is 8. The Morgan fingerprint density at radius 2 is 1.33 bits per heavy atom. The highest BCUT2D eigenvalue weighted by Gasteiger charge is 2.33. The highest BCUT2D eigenvalue weighted by molar-refractivity contribution is 5.99. The molecular formula is C37H51N13O10. The minimum Gasteiger partial charge on any atom is -0.508 e. The van der Waals surface area contributed by atoms with Crippen molar-refractivity contribution in [2.75, 3.05) is 6.54 Å². The number of aliphatic hydroxyl groups excluding tert-OH is 1. The van der Waals surface area contributed by atoms with Crippen molar-refractivity contribution >= 4 is 47.3 Å². The van der Waals surface area contributed by atoms with Crippen LogP contribution in [0.15, 0.2) is 55.4 Å². The van der Waals surface area contributed by atoms with Gasteiger partial charge in [-0.25, -0.2) is 9.97 Å². The molecule has 0 saturated heterocycles. The first kappa shape index (κ1) is 47.4. The van der Waals surface area contributed by atoms with Crippen molar-refractivity contribution in [1.82, 2.24) is 51.8 Å². The monoisotopic (exact) mass is 837 g/mol. The predicted octanol–water partition coefficient (Wildman–Crippen LogP) is -4.20. The van der Waals surface area contributed by atoms with Gasteiger partial charge in [0.2, 0.25) is 41.4 Å². The molecule has 2 aromatic heterocycles. The van der Waals surface area contributed by atoms with Gasteiger partial charge < -0.3 is 64.3 Å². The summed E-state index contributed by atoms with van der Waals surface area (Å²) in [6.45, 7) is 2.70. The highest BCUT2D eigenvalue weighted by atomic mass is 16.3. The summed E-state index contributed by atoms with van der Waals surface area (Å²) >= 11 is 0. The molecule has 0 bridgehead atoms. The first-order valence-corrected chi connectivity index (χ1v) is 18.8. The molecule has 3 aromatic rings. The molecule has 0 fully saturated rings. The molecular weight excluding hydrogens is 786 g/mol. The number of carbonyl (C=O) groups excluding carboxylic acids is 8. The van der Waals surface area contributed by atoms with Gasteiger partial charge in [0.15, 0.2) is 0 Å². The Labute approximate surface area is 343 Å². The first-order valence-electron chi connectivity index (χ1n) is 18.8. The van der Waals surface area contributed by atoms with E-state index in [2.05, 4.69) is 51.8 Å². The van der Waals surface area contributed by atoms with Crippen molar-refractivity contribution in [3.63, 3.8) is 0 Å². The SMILES string of the molecule is C[C@H](NC(=O)[C@H](CCCCN)NC(=O)[C@H](Cc1ccc(O)cc1)NC(=O)[C@H](Cc1cnc[nH]1)NC(=O)c1cnccn1)C(=O)N[C@H](CC(N)=O)C(=O)N[C@H](C(N)=O)[C@@H](C)O. The second-order valence-corrected chi connectivity index (χ2v) is 13.8. The van der Waals surface area contributed by atoms with Crippen LogP contribution in [0.4, 0.5) is 0 Å². The van der Waals surface area contributed by atoms with Crippen LogP contribution in [-0.4, -0.2) is 126 Å². The van der Waals surface area contributed by atoms with E-state index in [1.165, 1.54) is 69.2 Å². The second-order valence-electron chi connectivity index (χ2n) is 13.8. The fraction of sp³-hybridized carbons (Fsp3) is 0.432. The Bertz CT molecular complexity index is 1930. The molecule has 324 valence electrons. The van der Waals surface area contributed by atoms with E-state index in [0.717, 1.165) is 0 Å². The van der Waals surface area contributed by atoms with Gasteiger partial charge in [0.25, 0.3) is 5.91 Å². The third kappa shape index (κ3) is 15.4. The average molecular weight is 838 g/mol. The molecule has 23 nitrogen and oxygen atoms in total. The van der Waals surface area contributed by atoms with Crippen molar-refractivity contribution in [2.24, 2.45) is 17.2 Å². The molecule has 0 unspecified atom stereocenters. The number of nitrogens with two attached hydrogens (primary N) is 3. The summed E-state index contributed by atoms with van der Waals surface area (Å²) in [6, 6.07) is -2.72. The molecule has 0 spiro atoms. The quantitative estimate of drug-likeness (QED) is 0.0381. The van der Waals surface area contributed by atoms with Gasteiger partial charge in [0.1, 0.15) is 47.7 Å². The summed E-state index contributed by atoms with van der Waals surface area (Å²) < 4.78 is 0. The molecule has 60 heavy (non-hydrogen) atoms. The number of benzene rings is 1. The highest BCUT2D eigenvalue weighted by Crippen LogP contribution is 2.13. The number of H-pyrrole nitrogens is 1. The molecule has 0 aliphatic carbocycles. The number of aromatic nitrogens is 4. The average Bonchev–Trinajstić information content (AvgIpc) is 3.72. The van der Waals surface area contributed by atoms with Crippen molar-refractivity contribution < 1.29 is 48.6 Å². The summed E-state index contributed by atoms with van der Waals surface area (Å²) in [7, 11) is 0. The lowest BCUT2D eigenvalue weighted by atomic mass is 10.0. The third-order valence-corrected chi connectivity index (χ3v) is 8.86. The third-order valence-electron chi connectivity index (χ3n) is 8.86. The number of nitrogens with zero attached hydrogens (tertiary/aromatic N) is 3. The van der Waals surface area contributed by atoms with Gasteiger partial charge >= 0.3 is 0 Å². The van der Waals surface area contributed by atoms with Crippen molar-refractivity contribution in [3.05, 3.63) is 72.3 Å². The van der Waals surface area contributed by atoms with Gasteiger partial charge in [-0.05, 0) is 57.4 Å². The van der Waals surface area contributed by atoms with E-state index < -0.39 is 96.0 Å². The van der Waals surface area contributed by atoms with E-state index in [1.807, 2.05) is 0 Å². The van der Waals surface area contributed by atoms with E-state index in [4.69, 9.17) is 17.2 Å². The molecule has 0 aliphatic heterocycles. The maximum absolute atomic E-state index is 14.1. The molecule has 0 saturated carbocycles. The van der Waals surface area contributed by atoms with E-state index >= 15 is 0 Å². The largest absolute Gasteiger partial charge is 0.508 e. The van der Waals surface area contributed by atoms with E-state index in [-0.39, 0.29) is 37.3 Å². The Hall–Kier alpha value is -7.01. The number of aromatic hydroxyl groups is 1. The van der Waals surface area contributed by atoms with Crippen molar-refractivity contribution in [1.29, 1.82) is 0 Å². The lowest BCUT2D eigenvalue weighted by Crippen LogP contribution is -2.60. The number of nitrogens with one attached hydrogen (secondary N) is 7. The lowest BCUT2D eigenvalue weighted by molar-refractivity contribution is -0.136. The normalized spacial score (nSPS) is 14.4. The minimum atomic E-state index is -1.64. The van der Waals surface area contributed by atoms with Crippen LogP contribution >= 0.6 is 0 Å². The maximum atomic E-state index is 14.1. The number of primary amides is 2. The lowest BCUT2D eigenvalue weighted by Gasteiger charge is -2.27. The van der Waals surface area contributed by atoms with Crippen LogP contribution in [0.5, 0.6) is 5.75 Å². The zero-order chi connectivity index (χ0) is 44.4. The van der Waals surface area contributed by atoms with E-state index in [9.17, 15) is 48.6 Å². The smallest absolute Gasteiger partial charge is 0.272 e. The van der Waals surface area contributed by atoms with Gasteiger partial charge in [-0.2, -0.15) is 0 Å². The van der Waals surface area contributed by atoms with Gasteiger partial charge in [-0.3, -0.25) is 43.3 Å². The van der Waals surface area contributed by atoms with E-state index in [1.54, 1.807) is 0 Å². The van der Waals surface area contributed by atoms with Crippen LogP contribution in [0.3, 0.4) is 0 Å². The fourth-order valence-corrected chi connectivity index (χ4v) is 5.63. The summed E-state index contributed by atoms with van der Waals surface area (Å²) in [4.78, 5) is 119. The summed E-state index contributed by atoms with van der Waals surface area (Å²) in [5, 5.41) is 34.5.